The number of carboxylic acid groups (broad SMARTS) is 1. The molecule has 0 saturated carbocycles. The van der Waals surface area contributed by atoms with Crippen LogP contribution in [-0.4, -0.2) is 29.1 Å². The molecule has 1 aromatic rings. The van der Waals surface area contributed by atoms with Gasteiger partial charge in [-0.1, -0.05) is 6.07 Å². The fraction of sp³-hybridized carbons (Fsp3) is 0.467. The van der Waals surface area contributed by atoms with E-state index in [1.807, 2.05) is 25.1 Å². The van der Waals surface area contributed by atoms with E-state index in [4.69, 9.17) is 10.4 Å². The Bertz CT molecular complexity index is 519. The van der Waals surface area contributed by atoms with Crippen molar-refractivity contribution in [1.29, 1.82) is 5.26 Å². The van der Waals surface area contributed by atoms with Crippen LogP contribution in [0.3, 0.4) is 0 Å². The second-order valence-corrected chi connectivity index (χ2v) is 5.24. The number of aliphatic carboxylic acids is 1. The zero-order valence-corrected chi connectivity index (χ0v) is 11.1. The molecule has 0 spiro atoms. The highest BCUT2D eigenvalue weighted by atomic mass is 16.4. The van der Waals surface area contributed by atoms with Gasteiger partial charge in [0.1, 0.15) is 0 Å². The number of hydrogen-bond donors (Lipinski definition) is 1. The summed E-state index contributed by atoms with van der Waals surface area (Å²) in [6.07, 6.45) is 1.23. The molecule has 4 heteroatoms. The summed E-state index contributed by atoms with van der Waals surface area (Å²) in [7, 11) is 0. The fourth-order valence-electron chi connectivity index (χ4n) is 2.65. The van der Waals surface area contributed by atoms with Gasteiger partial charge in [-0.05, 0) is 49.1 Å². The van der Waals surface area contributed by atoms with E-state index in [9.17, 15) is 4.79 Å². The summed E-state index contributed by atoms with van der Waals surface area (Å²) >= 11 is 0. The largest absolute Gasteiger partial charge is 0.481 e. The molecule has 1 saturated heterocycles. The molecule has 1 aliphatic rings. The third-order valence-corrected chi connectivity index (χ3v) is 3.70. The van der Waals surface area contributed by atoms with Gasteiger partial charge in [0.05, 0.1) is 11.6 Å². The fourth-order valence-corrected chi connectivity index (χ4v) is 2.65. The quantitative estimate of drug-likeness (QED) is 0.898. The zero-order valence-electron chi connectivity index (χ0n) is 11.1. The maximum Gasteiger partial charge on any atom is 0.303 e. The lowest BCUT2D eigenvalue weighted by Gasteiger charge is -2.17. The van der Waals surface area contributed by atoms with Gasteiger partial charge in [-0.25, -0.2) is 0 Å². The second-order valence-electron chi connectivity index (χ2n) is 5.24. The molecule has 0 radical (unpaired) electrons. The molecule has 2 rings (SSSR count). The van der Waals surface area contributed by atoms with Gasteiger partial charge in [0.15, 0.2) is 0 Å². The molecule has 0 aromatic heterocycles. The smallest absolute Gasteiger partial charge is 0.303 e. The molecular formula is C15H18N2O2. The average molecular weight is 258 g/mol. The van der Waals surface area contributed by atoms with Crippen molar-refractivity contribution in [2.45, 2.75) is 26.3 Å². The van der Waals surface area contributed by atoms with Crippen molar-refractivity contribution < 1.29 is 9.90 Å². The molecule has 1 aliphatic heterocycles. The number of nitriles is 1. The van der Waals surface area contributed by atoms with Crippen molar-refractivity contribution >= 4 is 5.97 Å². The lowest BCUT2D eigenvalue weighted by molar-refractivity contribution is -0.138. The van der Waals surface area contributed by atoms with E-state index in [0.29, 0.717) is 5.56 Å². The van der Waals surface area contributed by atoms with Crippen molar-refractivity contribution in [2.75, 3.05) is 13.1 Å². The standard InChI is InChI=1S/C15H18N2O2/c1-11-6-12(8-16)2-3-14(11)10-17-5-4-13(9-17)7-15(18)19/h2-3,6,13H,4-5,7,9-10H2,1H3,(H,18,19). The topological polar surface area (TPSA) is 64.3 Å². The summed E-state index contributed by atoms with van der Waals surface area (Å²) < 4.78 is 0. The molecule has 1 N–H and O–H groups in total. The highest BCUT2D eigenvalue weighted by Gasteiger charge is 2.24. The molecule has 1 fully saturated rings. The Morgan fingerprint density at radius 2 is 2.37 bits per heavy atom. The van der Waals surface area contributed by atoms with Gasteiger partial charge in [0.2, 0.25) is 0 Å². The van der Waals surface area contributed by atoms with E-state index in [1.54, 1.807) is 0 Å². The van der Waals surface area contributed by atoms with E-state index in [0.717, 1.165) is 31.6 Å². The summed E-state index contributed by atoms with van der Waals surface area (Å²) in [5.74, 6) is -0.433. The summed E-state index contributed by atoms with van der Waals surface area (Å²) in [6.45, 7) is 4.66. The Morgan fingerprint density at radius 3 is 3.00 bits per heavy atom. The van der Waals surface area contributed by atoms with Crippen LogP contribution in [0.5, 0.6) is 0 Å². The Balaban J connectivity index is 1.96. The third kappa shape index (κ3) is 3.55. The van der Waals surface area contributed by atoms with Gasteiger partial charge in [-0.15, -0.1) is 0 Å². The molecule has 19 heavy (non-hydrogen) atoms. The minimum Gasteiger partial charge on any atom is -0.481 e. The zero-order chi connectivity index (χ0) is 13.8. The number of carbonyl (C=O) groups is 1. The number of likely N-dealkylation sites (tertiary alicyclic amines) is 1. The van der Waals surface area contributed by atoms with Crippen LogP contribution in [0.1, 0.15) is 29.5 Å². The predicted octanol–water partition coefficient (Wildman–Crippen LogP) is 2.16. The normalized spacial score (nSPS) is 19.3. The maximum absolute atomic E-state index is 10.7. The molecule has 1 unspecified atom stereocenters. The Labute approximate surface area is 113 Å². The van der Waals surface area contributed by atoms with Crippen LogP contribution in [0, 0.1) is 24.2 Å². The van der Waals surface area contributed by atoms with Crippen molar-refractivity contribution in [3.05, 3.63) is 34.9 Å². The number of aryl methyl sites for hydroxylation is 1. The maximum atomic E-state index is 10.7. The van der Waals surface area contributed by atoms with Crippen molar-refractivity contribution in [2.24, 2.45) is 5.92 Å². The summed E-state index contributed by atoms with van der Waals surface area (Å²) in [5, 5.41) is 17.6. The van der Waals surface area contributed by atoms with Crippen LogP contribution in [0.25, 0.3) is 0 Å². The van der Waals surface area contributed by atoms with Gasteiger partial charge >= 0.3 is 5.97 Å². The first-order valence-corrected chi connectivity index (χ1v) is 6.52. The monoisotopic (exact) mass is 258 g/mol. The number of benzene rings is 1. The Hall–Kier alpha value is -1.86. The summed E-state index contributed by atoms with van der Waals surface area (Å²) in [4.78, 5) is 13.0. The molecule has 0 aliphatic carbocycles. The van der Waals surface area contributed by atoms with Crippen LogP contribution >= 0.6 is 0 Å². The SMILES string of the molecule is Cc1cc(C#N)ccc1CN1CCC(CC(=O)O)C1. The van der Waals surface area contributed by atoms with Crippen LogP contribution in [0.4, 0.5) is 0 Å². The highest BCUT2D eigenvalue weighted by molar-refractivity contribution is 5.67. The lowest BCUT2D eigenvalue weighted by atomic mass is 10.0. The van der Waals surface area contributed by atoms with Gasteiger partial charge in [-0.2, -0.15) is 5.26 Å². The highest BCUT2D eigenvalue weighted by Crippen LogP contribution is 2.22. The summed E-state index contributed by atoms with van der Waals surface area (Å²) in [6, 6.07) is 7.88. The second kappa shape index (κ2) is 5.85. The first-order valence-electron chi connectivity index (χ1n) is 6.52. The van der Waals surface area contributed by atoms with E-state index in [1.165, 1.54) is 5.56 Å². The number of carboxylic acids is 1. The van der Waals surface area contributed by atoms with Crippen molar-refractivity contribution in [1.82, 2.24) is 4.90 Å². The number of nitrogens with zero attached hydrogens (tertiary/aromatic N) is 2. The Morgan fingerprint density at radius 1 is 1.58 bits per heavy atom. The van der Waals surface area contributed by atoms with E-state index >= 15 is 0 Å². The summed E-state index contributed by atoms with van der Waals surface area (Å²) in [5.41, 5.74) is 3.03. The molecular weight excluding hydrogens is 240 g/mol. The van der Waals surface area contributed by atoms with Gasteiger partial charge in [0.25, 0.3) is 0 Å². The predicted molar refractivity (Wildman–Crippen MR) is 71.5 cm³/mol. The van der Waals surface area contributed by atoms with Gasteiger partial charge < -0.3 is 5.11 Å². The van der Waals surface area contributed by atoms with E-state index in [-0.39, 0.29) is 12.3 Å². The molecule has 1 heterocycles. The van der Waals surface area contributed by atoms with Gasteiger partial charge in [0, 0.05) is 19.5 Å². The molecule has 0 bridgehead atoms. The first kappa shape index (κ1) is 13.6. The molecule has 0 amide bonds. The van der Waals surface area contributed by atoms with E-state index < -0.39 is 5.97 Å². The third-order valence-electron chi connectivity index (χ3n) is 3.70. The van der Waals surface area contributed by atoms with E-state index in [2.05, 4.69) is 11.0 Å². The molecule has 1 aromatic carbocycles. The van der Waals surface area contributed by atoms with Gasteiger partial charge in [-0.3, -0.25) is 9.69 Å². The van der Waals surface area contributed by atoms with Crippen LogP contribution < -0.4 is 0 Å². The first-order chi connectivity index (χ1) is 9.08. The van der Waals surface area contributed by atoms with Crippen LogP contribution in [-0.2, 0) is 11.3 Å². The lowest BCUT2D eigenvalue weighted by Crippen LogP contribution is -2.21. The number of rotatable bonds is 4. The minimum atomic E-state index is -0.707. The van der Waals surface area contributed by atoms with Crippen molar-refractivity contribution in [3.8, 4) is 6.07 Å². The molecule has 100 valence electrons. The number of hydrogen-bond acceptors (Lipinski definition) is 3. The van der Waals surface area contributed by atoms with Crippen LogP contribution in [0.2, 0.25) is 0 Å². The van der Waals surface area contributed by atoms with Crippen molar-refractivity contribution in [3.63, 3.8) is 0 Å². The average Bonchev–Trinajstić information content (AvgIpc) is 2.78. The molecule has 1 atom stereocenters. The minimum absolute atomic E-state index is 0.267. The van der Waals surface area contributed by atoms with Crippen LogP contribution in [0.15, 0.2) is 18.2 Å². The molecule has 4 nitrogen and oxygen atoms in total. The Kier molecular flexibility index (Phi) is 4.18.